The van der Waals surface area contributed by atoms with Crippen LogP contribution in [0.5, 0.6) is 5.75 Å². The molecule has 1 aromatic rings. The number of halogens is 1. The van der Waals surface area contributed by atoms with Gasteiger partial charge in [0.05, 0.1) is 18.1 Å². The van der Waals surface area contributed by atoms with E-state index < -0.39 is 34.6 Å². The maximum absolute atomic E-state index is 14.8. The van der Waals surface area contributed by atoms with E-state index in [0.717, 1.165) is 18.2 Å². The molecule has 3 rings (SSSR count). The van der Waals surface area contributed by atoms with Gasteiger partial charge in [0.15, 0.2) is 0 Å². The van der Waals surface area contributed by atoms with Crippen molar-refractivity contribution in [3.8, 4) is 5.75 Å². The Balaban J connectivity index is 2.43. The summed E-state index contributed by atoms with van der Waals surface area (Å²) < 4.78 is 30.8. The molecule has 1 heterocycles. The van der Waals surface area contributed by atoms with Crippen molar-refractivity contribution in [1.29, 1.82) is 0 Å². The van der Waals surface area contributed by atoms with Crippen LogP contribution in [0.2, 0.25) is 0 Å². The number of fused-ring (bicyclic) bond motifs is 2. The van der Waals surface area contributed by atoms with Gasteiger partial charge in [0.25, 0.3) is 5.79 Å². The van der Waals surface area contributed by atoms with Crippen molar-refractivity contribution in [2.45, 2.75) is 25.2 Å². The number of hydrogen-bond acceptors (Lipinski definition) is 7. The lowest BCUT2D eigenvalue weighted by molar-refractivity contribution is -0.292. The van der Waals surface area contributed by atoms with Crippen molar-refractivity contribution in [3.63, 3.8) is 0 Å². The molecule has 0 fully saturated rings. The third kappa shape index (κ3) is 1.98. The van der Waals surface area contributed by atoms with Crippen molar-refractivity contribution < 1.29 is 33.3 Å². The summed E-state index contributed by atoms with van der Waals surface area (Å²) in [4.78, 5) is 24.1. The van der Waals surface area contributed by atoms with Gasteiger partial charge in [-0.25, -0.2) is 14.0 Å². The number of aliphatic hydroxyl groups is 1. The second-order valence-corrected chi connectivity index (χ2v) is 6.48. The smallest absolute Gasteiger partial charge is 0.334 e. The highest BCUT2D eigenvalue weighted by Crippen LogP contribution is 2.64. The number of hydrogen-bond donors (Lipinski definition) is 2. The highest BCUT2D eigenvalue weighted by molar-refractivity contribution is 5.93. The molecule has 134 valence electrons. The van der Waals surface area contributed by atoms with Gasteiger partial charge < -0.3 is 25.1 Å². The van der Waals surface area contributed by atoms with Gasteiger partial charge in [0.2, 0.25) is 0 Å². The number of ether oxygens (including phenoxy) is 3. The molecule has 1 atom stereocenters. The Morgan fingerprint density at radius 1 is 1.16 bits per heavy atom. The van der Waals surface area contributed by atoms with E-state index in [2.05, 4.69) is 0 Å². The Morgan fingerprint density at radius 2 is 1.72 bits per heavy atom. The Morgan fingerprint density at radius 3 is 2.20 bits per heavy atom. The summed E-state index contributed by atoms with van der Waals surface area (Å²) in [5.41, 5.74) is 2.12. The third-order valence-electron chi connectivity index (χ3n) is 5.08. The summed E-state index contributed by atoms with van der Waals surface area (Å²) >= 11 is 0. The van der Waals surface area contributed by atoms with Crippen LogP contribution in [0.25, 0.3) is 0 Å². The summed E-state index contributed by atoms with van der Waals surface area (Å²) in [5, 5.41) is 11.3. The van der Waals surface area contributed by atoms with Crippen LogP contribution in [0.1, 0.15) is 25.0 Å². The standard InChI is InChI=1S/C17H18FNO6/c1-15(2)16(22,8-19)14-10(23-3)5-4-9(18)13(14)17(15)24-11(20)6-7-12(21)25-17/h4-7,22H,8,19H2,1-3H3. The Hall–Kier alpha value is -2.45. The van der Waals surface area contributed by atoms with E-state index in [4.69, 9.17) is 19.9 Å². The average Bonchev–Trinajstić information content (AvgIpc) is 2.67. The van der Waals surface area contributed by atoms with E-state index in [0.29, 0.717) is 0 Å². The van der Waals surface area contributed by atoms with Crippen molar-refractivity contribution in [1.82, 2.24) is 0 Å². The molecule has 1 aromatic carbocycles. The lowest BCUT2D eigenvalue weighted by Gasteiger charge is -2.44. The molecule has 25 heavy (non-hydrogen) atoms. The first kappa shape index (κ1) is 17.4. The zero-order valence-electron chi connectivity index (χ0n) is 14.0. The van der Waals surface area contributed by atoms with E-state index in [-0.39, 0.29) is 23.4 Å². The lowest BCUT2D eigenvalue weighted by Crippen LogP contribution is -2.55. The number of carbonyl (C=O) groups excluding carboxylic acids is 2. The number of nitrogens with two attached hydrogens (primary N) is 1. The molecule has 0 saturated carbocycles. The molecule has 1 aliphatic heterocycles. The second-order valence-electron chi connectivity index (χ2n) is 6.48. The fraction of sp³-hybridized carbons (Fsp3) is 0.412. The number of methoxy groups -OCH3 is 1. The molecule has 1 unspecified atom stereocenters. The summed E-state index contributed by atoms with van der Waals surface area (Å²) in [6, 6.07) is 2.40. The Labute approximate surface area is 143 Å². The Bertz CT molecular complexity index is 783. The molecule has 1 spiro atoms. The van der Waals surface area contributed by atoms with Crippen LogP contribution >= 0.6 is 0 Å². The van der Waals surface area contributed by atoms with Gasteiger partial charge in [-0.2, -0.15) is 0 Å². The number of esters is 2. The van der Waals surface area contributed by atoms with Crippen molar-refractivity contribution >= 4 is 11.9 Å². The summed E-state index contributed by atoms with van der Waals surface area (Å²) in [6.45, 7) is 2.60. The summed E-state index contributed by atoms with van der Waals surface area (Å²) in [6.07, 6.45) is 1.76. The van der Waals surface area contributed by atoms with Crippen LogP contribution in [0, 0.1) is 11.2 Å². The maximum Gasteiger partial charge on any atom is 0.334 e. The number of rotatable bonds is 2. The first-order valence-corrected chi connectivity index (χ1v) is 7.58. The second kappa shape index (κ2) is 5.27. The monoisotopic (exact) mass is 351 g/mol. The van der Waals surface area contributed by atoms with Gasteiger partial charge in [0.1, 0.15) is 17.2 Å². The lowest BCUT2D eigenvalue weighted by atomic mass is 9.72. The molecule has 0 radical (unpaired) electrons. The number of carbonyl (C=O) groups is 2. The van der Waals surface area contributed by atoms with Gasteiger partial charge in [0, 0.05) is 24.3 Å². The average molecular weight is 351 g/mol. The first-order valence-electron chi connectivity index (χ1n) is 7.58. The van der Waals surface area contributed by atoms with Gasteiger partial charge >= 0.3 is 11.9 Å². The zero-order valence-corrected chi connectivity index (χ0v) is 14.0. The first-order chi connectivity index (χ1) is 11.6. The van der Waals surface area contributed by atoms with Gasteiger partial charge in [-0.3, -0.25) is 0 Å². The quantitative estimate of drug-likeness (QED) is 0.760. The predicted octanol–water partition coefficient (Wildman–Crippen LogP) is 0.829. The van der Waals surface area contributed by atoms with Crippen LogP contribution in [0.3, 0.4) is 0 Å². The third-order valence-corrected chi connectivity index (χ3v) is 5.08. The molecular formula is C17H18FNO6. The van der Waals surface area contributed by atoms with Crippen LogP contribution in [-0.4, -0.2) is 30.7 Å². The largest absolute Gasteiger partial charge is 0.496 e. The van der Waals surface area contributed by atoms with Crippen molar-refractivity contribution in [2.75, 3.05) is 13.7 Å². The SMILES string of the molecule is COc1ccc(F)c2c1C(O)(CN)C(C)(C)C21OC(=O)C=CC(=O)O1. The molecule has 0 amide bonds. The fourth-order valence-electron chi connectivity index (χ4n) is 3.58. The van der Waals surface area contributed by atoms with E-state index >= 15 is 0 Å². The zero-order chi connectivity index (χ0) is 18.6. The highest BCUT2D eigenvalue weighted by atomic mass is 19.1. The van der Waals surface area contributed by atoms with E-state index in [1.165, 1.54) is 27.0 Å². The fourth-order valence-corrected chi connectivity index (χ4v) is 3.58. The molecular weight excluding hydrogens is 333 g/mol. The topological polar surface area (TPSA) is 108 Å². The molecule has 0 aromatic heterocycles. The minimum absolute atomic E-state index is 0.00926. The highest BCUT2D eigenvalue weighted by Gasteiger charge is 2.72. The summed E-state index contributed by atoms with van der Waals surface area (Å²) in [7, 11) is 1.34. The van der Waals surface area contributed by atoms with Crippen molar-refractivity contribution in [3.05, 3.63) is 41.2 Å². The van der Waals surface area contributed by atoms with E-state index in [1.807, 2.05) is 0 Å². The maximum atomic E-state index is 14.8. The minimum Gasteiger partial charge on any atom is -0.496 e. The predicted molar refractivity (Wildman–Crippen MR) is 82.7 cm³/mol. The normalized spacial score (nSPS) is 26.0. The molecule has 8 heteroatoms. The molecule has 0 bridgehead atoms. The van der Waals surface area contributed by atoms with Crippen LogP contribution in [-0.2, 0) is 30.5 Å². The Kier molecular flexibility index (Phi) is 3.66. The molecule has 7 nitrogen and oxygen atoms in total. The molecule has 3 N–H and O–H groups in total. The van der Waals surface area contributed by atoms with E-state index in [1.54, 1.807) is 0 Å². The number of benzene rings is 1. The molecule has 1 aliphatic carbocycles. The minimum atomic E-state index is -2.20. The van der Waals surface area contributed by atoms with Crippen molar-refractivity contribution in [2.24, 2.45) is 11.1 Å². The molecule has 0 saturated heterocycles. The van der Waals surface area contributed by atoms with E-state index in [9.17, 15) is 19.1 Å². The summed E-state index contributed by atoms with van der Waals surface area (Å²) in [5.74, 6) is -4.71. The van der Waals surface area contributed by atoms with Gasteiger partial charge in [-0.1, -0.05) is 0 Å². The van der Waals surface area contributed by atoms with Gasteiger partial charge in [-0.05, 0) is 26.0 Å². The van der Waals surface area contributed by atoms with Crippen LogP contribution in [0.15, 0.2) is 24.3 Å². The van der Waals surface area contributed by atoms with Crippen LogP contribution < -0.4 is 10.5 Å². The van der Waals surface area contributed by atoms with Gasteiger partial charge in [-0.15, -0.1) is 0 Å². The molecule has 2 aliphatic rings. The van der Waals surface area contributed by atoms with Crippen LogP contribution in [0.4, 0.5) is 4.39 Å².